The van der Waals surface area contributed by atoms with Gasteiger partial charge in [-0.25, -0.2) is 17.7 Å². The fourth-order valence-corrected chi connectivity index (χ4v) is 6.57. The van der Waals surface area contributed by atoms with Crippen LogP contribution in [-0.2, 0) is 88.0 Å². The van der Waals surface area contributed by atoms with Crippen molar-refractivity contribution in [2.45, 2.75) is 70.1 Å². The summed E-state index contributed by atoms with van der Waals surface area (Å²) in [7, 11) is 0. The third kappa shape index (κ3) is 36.6. The van der Waals surface area contributed by atoms with E-state index in [-0.39, 0.29) is 149 Å². The summed E-state index contributed by atoms with van der Waals surface area (Å²) < 4.78 is 43.2. The number of ether oxygens (including phenoxy) is 7. The van der Waals surface area contributed by atoms with E-state index in [4.69, 9.17) is 67.2 Å². The first-order valence-electron chi connectivity index (χ1n) is 21.3. The Bertz CT molecular complexity index is 1270. The highest BCUT2D eigenvalue weighted by Gasteiger charge is 2.25. The van der Waals surface area contributed by atoms with Gasteiger partial charge in [0.2, 0.25) is 29.5 Å². The average molecular weight is 967 g/mol. The Labute approximate surface area is 381 Å². The molecular weight excluding hydrogens is 891 g/mol. The lowest BCUT2D eigenvalue weighted by Crippen LogP contribution is -2.50. The van der Waals surface area contributed by atoms with Gasteiger partial charge in [0.15, 0.2) is 6.49 Å². The monoisotopic (exact) mass is 966 g/mol. The summed E-state index contributed by atoms with van der Waals surface area (Å²) in [5, 5.41) is 13.3. The molecule has 0 aliphatic rings. The highest BCUT2D eigenvalue weighted by molar-refractivity contribution is 8.09. The molecule has 4 unspecified atom stereocenters. The van der Waals surface area contributed by atoms with Gasteiger partial charge >= 0.3 is 0 Å². The van der Waals surface area contributed by atoms with Gasteiger partial charge in [0.1, 0.15) is 12.1 Å². The Morgan fingerprint density at radius 3 is 1.27 bits per heavy atom. The van der Waals surface area contributed by atoms with Gasteiger partial charge in [-0.15, -0.1) is 0 Å². The molecule has 0 bridgehead atoms. The predicted octanol–water partition coefficient (Wildman–Crippen LogP) is -2.84. The van der Waals surface area contributed by atoms with Crippen molar-refractivity contribution in [1.82, 2.24) is 26.6 Å². The van der Waals surface area contributed by atoms with Gasteiger partial charge in [0.05, 0.1) is 119 Å². The van der Waals surface area contributed by atoms with Crippen LogP contribution in [0.2, 0.25) is 0 Å². The number of carbonyl (C=O) groups excluding carboxylic acids is 5. The van der Waals surface area contributed by atoms with E-state index in [1.807, 2.05) is 13.8 Å². The predicted molar refractivity (Wildman–Crippen MR) is 234 cm³/mol. The lowest BCUT2D eigenvalue weighted by Gasteiger charge is -2.21. The van der Waals surface area contributed by atoms with Crippen LogP contribution in [0.5, 0.6) is 0 Å². The molecule has 0 saturated heterocycles. The number of nitrogens with one attached hydrogen (secondary N) is 5. The van der Waals surface area contributed by atoms with Crippen LogP contribution in [0.25, 0.3) is 0 Å². The summed E-state index contributed by atoms with van der Waals surface area (Å²) in [5.41, 5.74) is -0.0679. The minimum atomic E-state index is -2.80. The van der Waals surface area contributed by atoms with Crippen molar-refractivity contribution in [2.75, 3.05) is 139 Å². The number of rotatable bonds is 46. The third-order valence-electron chi connectivity index (χ3n) is 8.56. The van der Waals surface area contributed by atoms with Gasteiger partial charge in [-0.2, -0.15) is 0 Å². The topological polar surface area (TPSA) is 345 Å². The fraction of sp³-hybridized carbons (Fsp3) is 0.865. The fourth-order valence-electron chi connectivity index (χ4n) is 4.85. The quantitative estimate of drug-likeness (QED) is 0.0169. The number of nitrogens with two attached hydrogens (primary N) is 3. The summed E-state index contributed by atoms with van der Waals surface area (Å²) in [4.78, 5) is 88.2. The van der Waals surface area contributed by atoms with Crippen molar-refractivity contribution in [2.24, 2.45) is 17.7 Å². The molecule has 4 atom stereocenters. The van der Waals surface area contributed by atoms with Gasteiger partial charge in [0, 0.05) is 44.6 Å². The smallest absolute Gasteiger partial charge is 0.242 e. The molecule has 5 amide bonds. The molecule has 12 N–H and O–H groups in total. The lowest BCUT2D eigenvalue weighted by atomic mass is 10.1. The average Bonchev–Trinajstić information content (AvgIpc) is 3.27. The Balaban J connectivity index is 4.91. The van der Waals surface area contributed by atoms with Gasteiger partial charge in [-0.1, -0.05) is 13.8 Å². The summed E-state index contributed by atoms with van der Waals surface area (Å²) >= 11 is 5.15. The maximum atomic E-state index is 13.2. The molecular formula is C37H75N8O17PS. The van der Waals surface area contributed by atoms with Crippen LogP contribution in [0.1, 0.15) is 52.4 Å². The Hall–Kier alpha value is -2.60. The molecule has 0 heterocycles. The van der Waals surface area contributed by atoms with E-state index in [0.29, 0.717) is 33.0 Å². The molecule has 0 aromatic carbocycles. The highest BCUT2D eigenvalue weighted by Crippen LogP contribution is 2.48. The van der Waals surface area contributed by atoms with E-state index in [1.54, 1.807) is 0 Å². The van der Waals surface area contributed by atoms with Gasteiger partial charge in [-0.05, 0) is 31.1 Å². The molecule has 64 heavy (non-hydrogen) atoms. The largest absolute Gasteiger partial charge is 0.379 e. The molecule has 0 aromatic rings. The molecule has 0 aliphatic carbocycles. The summed E-state index contributed by atoms with van der Waals surface area (Å²) in [6.07, 6.45) is 0.130. The van der Waals surface area contributed by atoms with E-state index in [9.17, 15) is 28.9 Å². The van der Waals surface area contributed by atoms with Crippen molar-refractivity contribution in [1.29, 1.82) is 0 Å². The first-order chi connectivity index (χ1) is 30.9. The summed E-state index contributed by atoms with van der Waals surface area (Å²) in [5.74, 6) is 12.3. The van der Waals surface area contributed by atoms with Crippen LogP contribution in [0.4, 0.5) is 0 Å². The second-order valence-corrected chi connectivity index (χ2v) is 17.4. The van der Waals surface area contributed by atoms with Crippen LogP contribution < -0.4 is 44.3 Å². The van der Waals surface area contributed by atoms with Gasteiger partial charge < -0.3 is 83.7 Å². The zero-order valence-corrected chi connectivity index (χ0v) is 39.1. The SMILES string of the molecule is CCC(C)P(O)(=S)OCCOCCOCCOCCOCCC(=O)NC(CCC(=O)NC(CCC(=O)NCCOCCON)C(=O)NCCOCCON)C(=O)NCCOCCON. The second kappa shape index (κ2) is 43.0. The molecule has 25 nitrogen and oxygen atoms in total. The molecule has 376 valence electrons. The standard InChI is InChI=1S/C37H75N8O17PS/c1-3-30(2)63(51,64)62-29-25-58-21-20-57-19-18-56-17-16-52-12-8-35(48)45-32(37(50)43-11-15-55-24-28-61-40)5-7-34(47)44-31(36(49)42-10-14-54-23-27-60-39)4-6-33(46)41-9-13-53-22-26-59-38/h30-32H,3-29,38-40H2,1-2H3,(H,41,46)(H,42,49)(H,43,50)(H,44,47)(H,45,48)(H,51,64). The Morgan fingerprint density at radius 1 is 0.500 bits per heavy atom. The summed E-state index contributed by atoms with van der Waals surface area (Å²) in [6.45, 7) is 5.42. The number of hydrogen-bond acceptors (Lipinski definition) is 20. The molecule has 0 aromatic heterocycles. The Kier molecular flexibility index (Phi) is 41.3. The van der Waals surface area contributed by atoms with Crippen molar-refractivity contribution in [3.05, 3.63) is 0 Å². The van der Waals surface area contributed by atoms with Crippen LogP contribution in [-0.4, -0.2) is 191 Å². The number of carbonyl (C=O) groups is 5. The van der Waals surface area contributed by atoms with Gasteiger partial charge in [0.25, 0.3) is 0 Å². The van der Waals surface area contributed by atoms with Crippen molar-refractivity contribution in [3.8, 4) is 0 Å². The molecule has 0 radical (unpaired) electrons. The van der Waals surface area contributed by atoms with E-state index in [0.717, 1.165) is 6.42 Å². The van der Waals surface area contributed by atoms with E-state index in [1.165, 1.54) is 0 Å². The number of hydrogen-bond donors (Lipinski definition) is 9. The minimum absolute atomic E-state index is 0.0350. The first kappa shape index (κ1) is 61.4. The van der Waals surface area contributed by atoms with E-state index >= 15 is 0 Å². The van der Waals surface area contributed by atoms with Crippen LogP contribution in [0.15, 0.2) is 0 Å². The zero-order valence-electron chi connectivity index (χ0n) is 37.4. The molecule has 0 rings (SSSR count). The third-order valence-corrected chi connectivity index (χ3v) is 12.0. The van der Waals surface area contributed by atoms with Crippen LogP contribution in [0.3, 0.4) is 0 Å². The molecule has 27 heteroatoms. The van der Waals surface area contributed by atoms with Crippen molar-refractivity contribution in [3.63, 3.8) is 0 Å². The van der Waals surface area contributed by atoms with E-state index < -0.39 is 42.2 Å². The molecule has 0 aliphatic heterocycles. The lowest BCUT2D eigenvalue weighted by molar-refractivity contribution is -0.131. The van der Waals surface area contributed by atoms with Gasteiger partial charge in [-0.3, -0.25) is 24.0 Å². The number of amides is 5. The normalized spacial score (nSPS) is 13.7. The van der Waals surface area contributed by atoms with E-state index in [2.05, 4.69) is 41.1 Å². The van der Waals surface area contributed by atoms with Crippen molar-refractivity contribution < 1.29 is 81.1 Å². The van der Waals surface area contributed by atoms with Crippen LogP contribution in [0, 0.1) is 0 Å². The molecule has 0 saturated carbocycles. The van der Waals surface area contributed by atoms with Crippen molar-refractivity contribution >= 4 is 47.8 Å². The maximum Gasteiger partial charge on any atom is 0.242 e. The highest BCUT2D eigenvalue weighted by atomic mass is 32.5. The minimum Gasteiger partial charge on any atom is -0.379 e. The Morgan fingerprint density at radius 2 is 0.844 bits per heavy atom. The maximum absolute atomic E-state index is 13.2. The van der Waals surface area contributed by atoms with Crippen LogP contribution >= 0.6 is 6.49 Å². The molecule has 0 fully saturated rings. The second-order valence-electron chi connectivity index (χ2n) is 13.6. The molecule has 0 spiro atoms. The zero-order chi connectivity index (χ0) is 47.5. The first-order valence-corrected chi connectivity index (χ1v) is 24.0. The summed E-state index contributed by atoms with van der Waals surface area (Å²) in [6, 6.07) is -2.23.